The normalized spacial score (nSPS) is 10.5. The first-order valence-corrected chi connectivity index (χ1v) is 5.24. The van der Waals surface area contributed by atoms with Crippen molar-refractivity contribution in [1.29, 1.82) is 0 Å². The molecule has 0 spiro atoms. The van der Waals surface area contributed by atoms with Crippen LogP contribution in [-0.2, 0) is 4.79 Å². The molecular weight excluding hydrogens is 236 g/mol. The van der Waals surface area contributed by atoms with Gasteiger partial charge in [-0.05, 0) is 29.7 Å². The molecule has 1 aromatic heterocycles. The summed E-state index contributed by atoms with van der Waals surface area (Å²) in [7, 11) is 0. The van der Waals surface area contributed by atoms with Crippen LogP contribution in [0.15, 0.2) is 24.3 Å². The predicted octanol–water partition coefficient (Wildman–Crippen LogP) is 2.82. The van der Waals surface area contributed by atoms with Gasteiger partial charge in [-0.1, -0.05) is 11.6 Å². The minimum atomic E-state index is -1.45. The molecule has 0 aliphatic rings. The lowest BCUT2D eigenvalue weighted by Gasteiger charge is -1.95. The molecule has 2 aromatic rings. The number of hydrogen-bond donors (Lipinski definition) is 1. The molecule has 0 atom stereocenters. The molecule has 1 aromatic carbocycles. The number of hydrogen-bond acceptors (Lipinski definition) is 3. The summed E-state index contributed by atoms with van der Waals surface area (Å²) in [6.45, 7) is 0. The maximum absolute atomic E-state index is 11.2. The van der Waals surface area contributed by atoms with Gasteiger partial charge in [0.15, 0.2) is 0 Å². The molecule has 15 heavy (non-hydrogen) atoms. The van der Waals surface area contributed by atoms with Gasteiger partial charge in [0, 0.05) is 10.3 Å². The molecule has 0 bridgehead atoms. The van der Waals surface area contributed by atoms with Gasteiger partial charge in [-0.25, -0.2) is 4.79 Å². The molecule has 0 fully saturated rings. The minimum absolute atomic E-state index is 0.171. The number of thiophene rings is 1. The van der Waals surface area contributed by atoms with Gasteiger partial charge in [-0.15, -0.1) is 11.3 Å². The monoisotopic (exact) mass is 240 g/mol. The van der Waals surface area contributed by atoms with Crippen LogP contribution >= 0.6 is 22.9 Å². The molecule has 0 radical (unpaired) electrons. The van der Waals surface area contributed by atoms with Gasteiger partial charge in [0.2, 0.25) is 0 Å². The Morgan fingerprint density at radius 3 is 2.67 bits per heavy atom. The van der Waals surface area contributed by atoms with E-state index in [9.17, 15) is 9.59 Å². The highest BCUT2D eigenvalue weighted by molar-refractivity contribution is 7.22. The predicted molar refractivity (Wildman–Crippen MR) is 58.8 cm³/mol. The van der Waals surface area contributed by atoms with E-state index in [1.807, 2.05) is 0 Å². The van der Waals surface area contributed by atoms with Gasteiger partial charge in [-0.2, -0.15) is 0 Å². The third-order valence-electron chi connectivity index (χ3n) is 1.94. The summed E-state index contributed by atoms with van der Waals surface area (Å²) in [6.07, 6.45) is 0. The first kappa shape index (κ1) is 10.1. The summed E-state index contributed by atoms with van der Waals surface area (Å²) in [5, 5.41) is 9.33. The van der Waals surface area contributed by atoms with E-state index < -0.39 is 11.8 Å². The average molecular weight is 241 g/mol. The number of carboxylic acids is 1. The lowest BCUT2D eigenvalue weighted by Crippen LogP contribution is -2.12. The Morgan fingerprint density at radius 1 is 1.27 bits per heavy atom. The van der Waals surface area contributed by atoms with Gasteiger partial charge < -0.3 is 5.11 Å². The van der Waals surface area contributed by atoms with Crippen molar-refractivity contribution in [3.63, 3.8) is 0 Å². The van der Waals surface area contributed by atoms with Gasteiger partial charge in [0.25, 0.3) is 5.78 Å². The molecular formula is C10H5ClO3S. The topological polar surface area (TPSA) is 54.4 Å². The number of aliphatic carboxylic acids is 1. The zero-order valence-electron chi connectivity index (χ0n) is 7.36. The van der Waals surface area contributed by atoms with Crippen LogP contribution in [0.5, 0.6) is 0 Å². The lowest BCUT2D eigenvalue weighted by molar-refractivity contribution is -0.131. The minimum Gasteiger partial charge on any atom is -0.475 e. The fourth-order valence-corrected chi connectivity index (χ4v) is 2.41. The van der Waals surface area contributed by atoms with Crippen LogP contribution in [0.25, 0.3) is 10.1 Å². The molecule has 0 aliphatic heterocycles. The number of ketones is 1. The largest absolute Gasteiger partial charge is 0.475 e. The van der Waals surface area contributed by atoms with Crippen LogP contribution in [0.3, 0.4) is 0 Å². The smallest absolute Gasteiger partial charge is 0.377 e. The molecule has 5 heteroatoms. The highest BCUT2D eigenvalue weighted by Gasteiger charge is 2.14. The number of Topliss-reactive ketones (excluding diaryl/α,β-unsaturated/α-hetero) is 1. The number of benzene rings is 1. The van der Waals surface area contributed by atoms with Crippen LogP contribution in [0.1, 0.15) is 10.4 Å². The molecule has 0 saturated carbocycles. The highest BCUT2D eigenvalue weighted by Crippen LogP contribution is 2.29. The molecule has 1 N–H and O–H groups in total. The van der Waals surface area contributed by atoms with Gasteiger partial charge in [0.05, 0.1) is 4.34 Å². The van der Waals surface area contributed by atoms with Gasteiger partial charge >= 0.3 is 5.97 Å². The van der Waals surface area contributed by atoms with E-state index in [0.29, 0.717) is 4.34 Å². The molecule has 0 amide bonds. The number of carbonyl (C=O) groups excluding carboxylic acids is 1. The molecule has 0 unspecified atom stereocenters. The summed E-state index contributed by atoms with van der Waals surface area (Å²) >= 11 is 7.18. The first-order valence-electron chi connectivity index (χ1n) is 4.04. The SMILES string of the molecule is O=C(O)C(=O)c1ccc2sc(Cl)cc2c1. The van der Waals surface area contributed by atoms with E-state index in [0.717, 1.165) is 10.1 Å². The van der Waals surface area contributed by atoms with E-state index >= 15 is 0 Å². The van der Waals surface area contributed by atoms with Crippen LogP contribution in [0, 0.1) is 0 Å². The maximum atomic E-state index is 11.2. The highest BCUT2D eigenvalue weighted by atomic mass is 35.5. The van der Waals surface area contributed by atoms with Crippen molar-refractivity contribution in [2.24, 2.45) is 0 Å². The summed E-state index contributed by atoms with van der Waals surface area (Å²) < 4.78 is 1.55. The fourth-order valence-electron chi connectivity index (χ4n) is 1.28. The van der Waals surface area contributed by atoms with Crippen molar-refractivity contribution in [2.45, 2.75) is 0 Å². The number of carboxylic acid groups (broad SMARTS) is 1. The van der Waals surface area contributed by atoms with E-state index in [-0.39, 0.29) is 5.56 Å². The molecule has 2 rings (SSSR count). The van der Waals surface area contributed by atoms with Crippen molar-refractivity contribution in [2.75, 3.05) is 0 Å². The summed E-state index contributed by atoms with van der Waals surface area (Å²) in [4.78, 5) is 21.6. The van der Waals surface area contributed by atoms with E-state index in [2.05, 4.69) is 0 Å². The molecule has 1 heterocycles. The van der Waals surface area contributed by atoms with Crippen LogP contribution in [-0.4, -0.2) is 16.9 Å². The fraction of sp³-hybridized carbons (Fsp3) is 0. The molecule has 76 valence electrons. The van der Waals surface area contributed by atoms with E-state index in [1.54, 1.807) is 12.1 Å². The second kappa shape index (κ2) is 3.64. The van der Waals surface area contributed by atoms with Crippen LogP contribution < -0.4 is 0 Å². The quantitative estimate of drug-likeness (QED) is 0.649. The molecule has 0 saturated heterocycles. The van der Waals surface area contributed by atoms with Crippen molar-refractivity contribution in [3.8, 4) is 0 Å². The summed E-state index contributed by atoms with van der Waals surface area (Å²) in [5.74, 6) is -2.35. The van der Waals surface area contributed by atoms with Crippen molar-refractivity contribution in [3.05, 3.63) is 34.2 Å². The van der Waals surface area contributed by atoms with Crippen LogP contribution in [0.4, 0.5) is 0 Å². The zero-order chi connectivity index (χ0) is 11.0. The first-order chi connectivity index (χ1) is 7.08. The second-order valence-corrected chi connectivity index (χ2v) is 4.65. The number of rotatable bonds is 2. The number of carbonyl (C=O) groups is 2. The third-order valence-corrected chi connectivity index (χ3v) is 3.19. The average Bonchev–Trinajstić information content (AvgIpc) is 2.55. The third kappa shape index (κ3) is 1.86. The van der Waals surface area contributed by atoms with Crippen molar-refractivity contribution in [1.82, 2.24) is 0 Å². The Morgan fingerprint density at radius 2 is 2.00 bits per heavy atom. The van der Waals surface area contributed by atoms with Gasteiger partial charge in [-0.3, -0.25) is 4.79 Å². The standard InChI is InChI=1S/C10H5ClO3S/c11-8-4-6-3-5(9(12)10(13)14)1-2-7(6)15-8/h1-4H,(H,13,14). The van der Waals surface area contributed by atoms with Crippen molar-refractivity contribution >= 4 is 44.8 Å². The Bertz CT molecular complexity index is 559. The number of fused-ring (bicyclic) bond motifs is 1. The summed E-state index contributed by atoms with van der Waals surface area (Å²) in [5.41, 5.74) is 0.171. The zero-order valence-corrected chi connectivity index (χ0v) is 8.93. The number of halogens is 1. The maximum Gasteiger partial charge on any atom is 0.377 e. The Labute approximate surface area is 93.9 Å². The van der Waals surface area contributed by atoms with Gasteiger partial charge in [0.1, 0.15) is 0 Å². The Kier molecular flexibility index (Phi) is 2.46. The molecule has 3 nitrogen and oxygen atoms in total. The lowest BCUT2D eigenvalue weighted by atomic mass is 10.1. The molecule has 0 aliphatic carbocycles. The van der Waals surface area contributed by atoms with E-state index in [4.69, 9.17) is 16.7 Å². The van der Waals surface area contributed by atoms with E-state index in [1.165, 1.54) is 23.5 Å². The van der Waals surface area contributed by atoms with Crippen molar-refractivity contribution < 1.29 is 14.7 Å². The summed E-state index contributed by atoms with van der Waals surface area (Å²) in [6, 6.07) is 6.43. The Hall–Kier alpha value is -1.39. The Balaban J connectivity index is 2.55. The second-order valence-electron chi connectivity index (χ2n) is 2.94. The van der Waals surface area contributed by atoms with Crippen LogP contribution in [0.2, 0.25) is 4.34 Å².